The van der Waals surface area contributed by atoms with Crippen LogP contribution in [0.1, 0.15) is 57.6 Å². The van der Waals surface area contributed by atoms with E-state index in [0.717, 1.165) is 29.4 Å². The van der Waals surface area contributed by atoms with E-state index < -0.39 is 7.12 Å². The minimum atomic E-state index is -0.405. The molecule has 1 aromatic carbocycles. The first-order chi connectivity index (χ1) is 9.21. The number of rotatable bonds is 2. The first kappa shape index (κ1) is 14.1. The fraction of sp³-hybridized carbons (Fsp3) is 0.625. The second kappa shape index (κ2) is 4.31. The Hall–Kier alpha value is -0.865. The van der Waals surface area contributed by atoms with Crippen LogP contribution in [-0.2, 0) is 9.31 Å². The van der Waals surface area contributed by atoms with Crippen LogP contribution < -0.4 is 5.46 Å². The maximum Gasteiger partial charge on any atom is 0.495 e. The molecule has 20 heavy (non-hydrogen) atoms. The van der Waals surface area contributed by atoms with Gasteiger partial charge in [0.2, 0.25) is 0 Å². The van der Waals surface area contributed by atoms with Crippen LogP contribution in [0.15, 0.2) is 12.1 Å². The molecule has 3 rings (SSSR count). The van der Waals surface area contributed by atoms with E-state index in [9.17, 15) is 4.39 Å². The van der Waals surface area contributed by atoms with E-state index >= 15 is 0 Å². The van der Waals surface area contributed by atoms with Crippen LogP contribution in [0.5, 0.6) is 0 Å². The number of halogens is 1. The molecule has 1 aliphatic carbocycles. The Labute approximate surface area is 120 Å². The summed E-state index contributed by atoms with van der Waals surface area (Å²) in [5, 5.41) is 0. The summed E-state index contributed by atoms with van der Waals surface area (Å²) >= 11 is 0. The van der Waals surface area contributed by atoms with Gasteiger partial charge in [0.05, 0.1) is 11.2 Å². The lowest BCUT2D eigenvalue weighted by molar-refractivity contribution is 0.00578. The van der Waals surface area contributed by atoms with Crippen molar-refractivity contribution < 1.29 is 13.7 Å². The Morgan fingerprint density at radius 1 is 1.10 bits per heavy atom. The van der Waals surface area contributed by atoms with Gasteiger partial charge in [0.15, 0.2) is 0 Å². The van der Waals surface area contributed by atoms with Gasteiger partial charge in [-0.25, -0.2) is 4.39 Å². The third-order valence-corrected chi connectivity index (χ3v) is 4.91. The lowest BCUT2D eigenvalue weighted by atomic mass is 9.75. The average Bonchev–Trinajstić information content (AvgIpc) is 3.07. The molecule has 0 N–H and O–H groups in total. The Morgan fingerprint density at radius 3 is 2.15 bits per heavy atom. The summed E-state index contributed by atoms with van der Waals surface area (Å²) in [5.74, 6) is 0.294. The van der Waals surface area contributed by atoms with Gasteiger partial charge in [-0.1, -0.05) is 6.07 Å². The van der Waals surface area contributed by atoms with Gasteiger partial charge >= 0.3 is 7.12 Å². The monoisotopic (exact) mass is 276 g/mol. The lowest BCUT2D eigenvalue weighted by Gasteiger charge is -2.32. The molecule has 0 amide bonds. The molecule has 0 unspecified atom stereocenters. The summed E-state index contributed by atoms with van der Waals surface area (Å²) in [6.45, 7) is 10.1. The summed E-state index contributed by atoms with van der Waals surface area (Å²) in [5.41, 5.74) is 1.95. The van der Waals surface area contributed by atoms with Gasteiger partial charge in [0, 0.05) is 0 Å². The quantitative estimate of drug-likeness (QED) is 0.771. The molecule has 1 saturated carbocycles. The zero-order valence-electron chi connectivity index (χ0n) is 12.9. The molecule has 1 aliphatic heterocycles. The Kier molecular flexibility index (Phi) is 3.04. The molecule has 0 spiro atoms. The number of hydrogen-bond acceptors (Lipinski definition) is 2. The summed E-state index contributed by atoms with van der Waals surface area (Å²) in [7, 11) is -0.405. The molecule has 1 heterocycles. The van der Waals surface area contributed by atoms with Crippen molar-refractivity contribution in [3.63, 3.8) is 0 Å². The average molecular weight is 276 g/mol. The molecule has 4 heteroatoms. The van der Waals surface area contributed by atoms with E-state index in [-0.39, 0.29) is 17.0 Å². The van der Waals surface area contributed by atoms with Crippen LogP contribution in [0, 0.1) is 12.7 Å². The normalized spacial score (nSPS) is 24.2. The summed E-state index contributed by atoms with van der Waals surface area (Å²) in [6.07, 6.45) is 2.17. The molecule has 1 saturated heterocycles. The standard InChI is InChI=1S/C16H22BFO2/c1-10-8-14(18)12(11-6-7-11)9-13(10)17-19-15(2,3)16(4,5)20-17/h8-9,11H,6-7H2,1-5H3. The van der Waals surface area contributed by atoms with Crippen LogP contribution in [0.3, 0.4) is 0 Å². The van der Waals surface area contributed by atoms with Gasteiger partial charge in [0.1, 0.15) is 5.82 Å². The molecule has 2 aliphatic rings. The molecular weight excluding hydrogens is 254 g/mol. The van der Waals surface area contributed by atoms with E-state index in [2.05, 4.69) is 0 Å². The second-order valence-electron chi connectivity index (χ2n) is 7.09. The van der Waals surface area contributed by atoms with Gasteiger partial charge in [0.25, 0.3) is 0 Å². The Balaban J connectivity index is 1.97. The van der Waals surface area contributed by atoms with E-state index in [1.165, 1.54) is 0 Å². The van der Waals surface area contributed by atoms with Crippen LogP contribution in [0.4, 0.5) is 4.39 Å². The fourth-order valence-corrected chi connectivity index (χ4v) is 2.64. The van der Waals surface area contributed by atoms with E-state index in [4.69, 9.17) is 9.31 Å². The summed E-state index contributed by atoms with van der Waals surface area (Å²) < 4.78 is 26.2. The van der Waals surface area contributed by atoms with E-state index in [1.54, 1.807) is 6.07 Å². The molecular formula is C16H22BFO2. The van der Waals surface area contributed by atoms with Crippen molar-refractivity contribution in [3.05, 3.63) is 29.1 Å². The van der Waals surface area contributed by atoms with Crippen LogP contribution in [-0.4, -0.2) is 18.3 Å². The van der Waals surface area contributed by atoms with Crippen molar-refractivity contribution in [2.45, 2.75) is 64.6 Å². The molecule has 0 radical (unpaired) electrons. The molecule has 0 aromatic heterocycles. The van der Waals surface area contributed by atoms with Gasteiger partial charge in [-0.15, -0.1) is 0 Å². The lowest BCUT2D eigenvalue weighted by Crippen LogP contribution is -2.41. The highest BCUT2D eigenvalue weighted by atomic mass is 19.1. The van der Waals surface area contributed by atoms with Crippen molar-refractivity contribution >= 4 is 12.6 Å². The smallest absolute Gasteiger partial charge is 0.399 e. The minimum absolute atomic E-state index is 0.0923. The molecule has 2 fully saturated rings. The van der Waals surface area contributed by atoms with Gasteiger partial charge in [-0.2, -0.15) is 0 Å². The fourth-order valence-electron chi connectivity index (χ4n) is 2.64. The van der Waals surface area contributed by atoms with Crippen molar-refractivity contribution in [1.29, 1.82) is 0 Å². The Bertz CT molecular complexity index is 534. The second-order valence-corrected chi connectivity index (χ2v) is 7.09. The van der Waals surface area contributed by atoms with Crippen molar-refractivity contribution in [2.75, 3.05) is 0 Å². The SMILES string of the molecule is Cc1cc(F)c(C2CC2)cc1B1OC(C)(C)C(C)(C)O1. The van der Waals surface area contributed by atoms with Gasteiger partial charge in [-0.05, 0) is 76.0 Å². The number of aryl methyl sites for hydroxylation is 1. The predicted molar refractivity (Wildman–Crippen MR) is 78.8 cm³/mol. The zero-order valence-corrected chi connectivity index (χ0v) is 12.9. The highest BCUT2D eigenvalue weighted by Crippen LogP contribution is 2.42. The summed E-state index contributed by atoms with van der Waals surface area (Å²) in [4.78, 5) is 0. The highest BCUT2D eigenvalue weighted by molar-refractivity contribution is 6.62. The van der Waals surface area contributed by atoms with Crippen molar-refractivity contribution in [3.8, 4) is 0 Å². The van der Waals surface area contributed by atoms with Crippen molar-refractivity contribution in [2.24, 2.45) is 0 Å². The number of benzene rings is 1. The molecule has 2 nitrogen and oxygen atoms in total. The predicted octanol–water partition coefficient (Wildman–Crippen LogP) is 3.31. The van der Waals surface area contributed by atoms with E-state index in [1.807, 2.05) is 40.7 Å². The third-order valence-electron chi connectivity index (χ3n) is 4.91. The van der Waals surface area contributed by atoms with Gasteiger partial charge in [-0.3, -0.25) is 0 Å². The molecule has 108 valence electrons. The molecule has 0 atom stereocenters. The van der Waals surface area contributed by atoms with E-state index in [0.29, 0.717) is 5.92 Å². The summed E-state index contributed by atoms with van der Waals surface area (Å²) in [6, 6.07) is 3.57. The molecule has 0 bridgehead atoms. The van der Waals surface area contributed by atoms with Crippen LogP contribution in [0.2, 0.25) is 0 Å². The minimum Gasteiger partial charge on any atom is -0.399 e. The Morgan fingerprint density at radius 2 is 1.65 bits per heavy atom. The van der Waals surface area contributed by atoms with Gasteiger partial charge < -0.3 is 9.31 Å². The first-order valence-corrected chi connectivity index (χ1v) is 7.37. The third kappa shape index (κ3) is 2.19. The molecule has 1 aromatic rings. The number of hydrogen-bond donors (Lipinski definition) is 0. The van der Waals surface area contributed by atoms with Crippen LogP contribution >= 0.6 is 0 Å². The van der Waals surface area contributed by atoms with Crippen molar-refractivity contribution in [1.82, 2.24) is 0 Å². The zero-order chi connectivity index (χ0) is 14.7. The highest BCUT2D eigenvalue weighted by Gasteiger charge is 2.52. The topological polar surface area (TPSA) is 18.5 Å². The maximum absolute atomic E-state index is 14.0. The maximum atomic E-state index is 14.0. The first-order valence-electron chi connectivity index (χ1n) is 7.37. The van der Waals surface area contributed by atoms with Crippen LogP contribution in [0.25, 0.3) is 0 Å². The largest absolute Gasteiger partial charge is 0.495 e.